The van der Waals surface area contributed by atoms with Gasteiger partial charge < -0.3 is 10.1 Å². The molecule has 0 saturated heterocycles. The van der Waals surface area contributed by atoms with Gasteiger partial charge in [0.1, 0.15) is 0 Å². The number of nitrogens with zero attached hydrogens (tertiary/aromatic N) is 1. The van der Waals surface area contributed by atoms with Crippen molar-refractivity contribution in [1.29, 1.82) is 0 Å². The topological polar surface area (TPSA) is 67.0 Å². The number of aryl methyl sites for hydroxylation is 1. The number of ether oxygens (including phenoxy) is 1. The van der Waals surface area contributed by atoms with Gasteiger partial charge in [0.15, 0.2) is 17.4 Å². The molecule has 0 saturated carbocycles. The van der Waals surface area contributed by atoms with E-state index in [2.05, 4.69) is 22.4 Å². The van der Waals surface area contributed by atoms with Crippen molar-refractivity contribution < 1.29 is 13.9 Å². The minimum atomic E-state index is -0.506. The SMILES string of the molecule is CCCc1cc(NC(=O)c2ccc(F)c(OC)c2)n[nH]1. The monoisotopic (exact) mass is 277 g/mol. The predicted molar refractivity (Wildman–Crippen MR) is 73.5 cm³/mol. The Labute approximate surface area is 116 Å². The molecule has 106 valence electrons. The second-order valence-electron chi connectivity index (χ2n) is 4.33. The summed E-state index contributed by atoms with van der Waals surface area (Å²) in [5.41, 5.74) is 1.27. The molecule has 0 aliphatic rings. The van der Waals surface area contributed by atoms with Gasteiger partial charge in [-0.05, 0) is 24.6 Å². The van der Waals surface area contributed by atoms with Gasteiger partial charge in [-0.1, -0.05) is 13.3 Å². The Morgan fingerprint density at radius 3 is 2.95 bits per heavy atom. The van der Waals surface area contributed by atoms with Crippen LogP contribution in [0.1, 0.15) is 29.4 Å². The summed E-state index contributed by atoms with van der Waals surface area (Å²) in [6, 6.07) is 5.72. The first-order valence-electron chi connectivity index (χ1n) is 6.33. The molecule has 0 fully saturated rings. The number of hydrogen-bond acceptors (Lipinski definition) is 3. The van der Waals surface area contributed by atoms with Gasteiger partial charge in [-0.2, -0.15) is 5.10 Å². The number of hydrogen-bond donors (Lipinski definition) is 2. The number of nitrogens with one attached hydrogen (secondary N) is 2. The van der Waals surface area contributed by atoms with Gasteiger partial charge >= 0.3 is 0 Å². The molecule has 2 N–H and O–H groups in total. The number of anilines is 1. The fraction of sp³-hybridized carbons (Fsp3) is 0.286. The smallest absolute Gasteiger partial charge is 0.257 e. The van der Waals surface area contributed by atoms with Crippen LogP contribution in [0.5, 0.6) is 5.75 Å². The third-order valence-electron chi connectivity index (χ3n) is 2.81. The molecule has 1 aromatic carbocycles. The molecule has 0 aliphatic carbocycles. The lowest BCUT2D eigenvalue weighted by molar-refractivity contribution is 0.102. The third-order valence-corrected chi connectivity index (χ3v) is 2.81. The molecule has 1 aromatic heterocycles. The van der Waals surface area contributed by atoms with E-state index < -0.39 is 5.82 Å². The summed E-state index contributed by atoms with van der Waals surface area (Å²) in [5.74, 6) is -0.389. The van der Waals surface area contributed by atoms with Crippen molar-refractivity contribution in [2.75, 3.05) is 12.4 Å². The van der Waals surface area contributed by atoms with Crippen molar-refractivity contribution in [3.8, 4) is 5.75 Å². The summed E-state index contributed by atoms with van der Waals surface area (Å²) in [5, 5.41) is 9.49. The second kappa shape index (κ2) is 6.18. The summed E-state index contributed by atoms with van der Waals surface area (Å²) in [6.07, 6.45) is 1.86. The third kappa shape index (κ3) is 3.14. The first-order valence-corrected chi connectivity index (χ1v) is 6.33. The second-order valence-corrected chi connectivity index (χ2v) is 4.33. The van der Waals surface area contributed by atoms with Gasteiger partial charge in [0.05, 0.1) is 7.11 Å². The van der Waals surface area contributed by atoms with Crippen LogP contribution in [-0.4, -0.2) is 23.2 Å². The van der Waals surface area contributed by atoms with Crippen LogP contribution in [0.15, 0.2) is 24.3 Å². The summed E-state index contributed by atoms with van der Waals surface area (Å²) in [4.78, 5) is 12.0. The highest BCUT2D eigenvalue weighted by atomic mass is 19.1. The van der Waals surface area contributed by atoms with Gasteiger partial charge in [-0.3, -0.25) is 9.89 Å². The van der Waals surface area contributed by atoms with E-state index in [4.69, 9.17) is 4.74 Å². The number of carbonyl (C=O) groups is 1. The molecule has 20 heavy (non-hydrogen) atoms. The number of aromatic amines is 1. The van der Waals surface area contributed by atoms with Gasteiger partial charge in [0, 0.05) is 17.3 Å². The molecule has 1 heterocycles. The van der Waals surface area contributed by atoms with Crippen LogP contribution in [0, 0.1) is 5.82 Å². The molecule has 2 rings (SSSR count). The molecule has 0 aliphatic heterocycles. The number of H-pyrrole nitrogens is 1. The van der Waals surface area contributed by atoms with Crippen molar-refractivity contribution in [3.05, 3.63) is 41.3 Å². The molecule has 0 bridgehead atoms. The van der Waals surface area contributed by atoms with Crippen molar-refractivity contribution in [1.82, 2.24) is 10.2 Å². The lowest BCUT2D eigenvalue weighted by atomic mass is 10.2. The Hall–Kier alpha value is -2.37. The maximum Gasteiger partial charge on any atom is 0.257 e. The van der Waals surface area contributed by atoms with Crippen LogP contribution in [-0.2, 0) is 6.42 Å². The molecule has 0 radical (unpaired) electrons. The Bertz CT molecular complexity index is 610. The molecular formula is C14H16FN3O2. The molecule has 0 unspecified atom stereocenters. The van der Waals surface area contributed by atoms with E-state index in [9.17, 15) is 9.18 Å². The Balaban J connectivity index is 2.11. The molecule has 1 amide bonds. The van der Waals surface area contributed by atoms with Crippen LogP contribution in [0.4, 0.5) is 10.2 Å². The lowest BCUT2D eigenvalue weighted by Crippen LogP contribution is -2.12. The fourth-order valence-corrected chi connectivity index (χ4v) is 1.81. The minimum absolute atomic E-state index is 0.0337. The fourth-order valence-electron chi connectivity index (χ4n) is 1.81. The highest BCUT2D eigenvalue weighted by molar-refractivity contribution is 6.04. The summed E-state index contributed by atoms with van der Waals surface area (Å²) in [7, 11) is 1.35. The molecule has 0 atom stereocenters. The average Bonchev–Trinajstić information content (AvgIpc) is 2.87. The first kappa shape index (κ1) is 14.0. The number of amides is 1. The first-order chi connectivity index (χ1) is 9.63. The van der Waals surface area contributed by atoms with Crippen LogP contribution >= 0.6 is 0 Å². The van der Waals surface area contributed by atoms with Crippen LogP contribution in [0.3, 0.4) is 0 Å². The Morgan fingerprint density at radius 1 is 1.45 bits per heavy atom. The summed E-state index contributed by atoms with van der Waals surface area (Å²) >= 11 is 0. The summed E-state index contributed by atoms with van der Waals surface area (Å²) < 4.78 is 18.1. The zero-order valence-electron chi connectivity index (χ0n) is 11.4. The van der Waals surface area contributed by atoms with Crippen LogP contribution in [0.25, 0.3) is 0 Å². The van der Waals surface area contributed by atoms with Crippen LogP contribution < -0.4 is 10.1 Å². The van der Waals surface area contributed by atoms with Gasteiger partial charge in [0.25, 0.3) is 5.91 Å². The largest absolute Gasteiger partial charge is 0.494 e. The number of benzene rings is 1. The van der Waals surface area contributed by atoms with E-state index in [1.165, 1.54) is 25.3 Å². The van der Waals surface area contributed by atoms with Crippen molar-refractivity contribution >= 4 is 11.7 Å². The highest BCUT2D eigenvalue weighted by Gasteiger charge is 2.11. The molecule has 2 aromatic rings. The normalized spacial score (nSPS) is 10.3. The van der Waals surface area contributed by atoms with Gasteiger partial charge in [-0.15, -0.1) is 0 Å². The number of carbonyl (C=O) groups excluding carboxylic acids is 1. The maximum atomic E-state index is 13.3. The number of methoxy groups -OCH3 is 1. The number of aromatic nitrogens is 2. The zero-order chi connectivity index (χ0) is 14.5. The van der Waals surface area contributed by atoms with Gasteiger partial charge in [0.2, 0.25) is 0 Å². The Kier molecular flexibility index (Phi) is 4.34. The maximum absolute atomic E-state index is 13.3. The summed E-state index contributed by atoms with van der Waals surface area (Å²) in [6.45, 7) is 2.06. The van der Waals surface area contributed by atoms with E-state index >= 15 is 0 Å². The van der Waals surface area contributed by atoms with Gasteiger partial charge in [-0.25, -0.2) is 4.39 Å². The molecule has 0 spiro atoms. The molecule has 6 heteroatoms. The quantitative estimate of drug-likeness (QED) is 0.883. The van der Waals surface area contributed by atoms with E-state index in [0.29, 0.717) is 11.4 Å². The lowest BCUT2D eigenvalue weighted by Gasteiger charge is -2.05. The van der Waals surface area contributed by atoms with Crippen molar-refractivity contribution in [2.45, 2.75) is 19.8 Å². The van der Waals surface area contributed by atoms with E-state index in [0.717, 1.165) is 18.5 Å². The Morgan fingerprint density at radius 2 is 2.25 bits per heavy atom. The van der Waals surface area contributed by atoms with Crippen molar-refractivity contribution in [2.24, 2.45) is 0 Å². The van der Waals surface area contributed by atoms with E-state index in [1.54, 1.807) is 6.07 Å². The highest BCUT2D eigenvalue weighted by Crippen LogP contribution is 2.19. The van der Waals surface area contributed by atoms with E-state index in [1.807, 2.05) is 0 Å². The van der Waals surface area contributed by atoms with Crippen LogP contribution in [0.2, 0.25) is 0 Å². The predicted octanol–water partition coefficient (Wildman–Crippen LogP) is 2.76. The van der Waals surface area contributed by atoms with Crippen molar-refractivity contribution in [3.63, 3.8) is 0 Å². The molecule has 5 nitrogen and oxygen atoms in total. The number of halogens is 1. The molecular weight excluding hydrogens is 261 g/mol. The minimum Gasteiger partial charge on any atom is -0.494 e. The van der Waals surface area contributed by atoms with E-state index in [-0.39, 0.29) is 11.7 Å². The average molecular weight is 277 g/mol. The number of rotatable bonds is 5. The zero-order valence-corrected chi connectivity index (χ0v) is 11.4. The standard InChI is InChI=1S/C14H16FN3O2/c1-3-4-10-8-13(18-17-10)16-14(19)9-5-6-11(15)12(7-9)20-2/h5-8H,3-4H2,1-2H3,(H2,16,17,18,19).